The van der Waals surface area contributed by atoms with E-state index in [1.807, 2.05) is 0 Å². The van der Waals surface area contributed by atoms with E-state index in [-0.39, 0.29) is 5.82 Å². The molecule has 0 aliphatic rings. The lowest BCUT2D eigenvalue weighted by Crippen LogP contribution is -1.78. The Bertz CT molecular complexity index is 232. The molecule has 0 atom stereocenters. The predicted molar refractivity (Wildman–Crippen MR) is 49.5 cm³/mol. The van der Waals surface area contributed by atoms with Gasteiger partial charge in [0.15, 0.2) is 0 Å². The summed E-state index contributed by atoms with van der Waals surface area (Å²) in [7, 11) is 0. The number of benzene rings is 1. The maximum atomic E-state index is 12.7. The molecule has 0 heterocycles. The van der Waals surface area contributed by atoms with E-state index in [1.54, 1.807) is 6.07 Å². The Morgan fingerprint density at radius 2 is 1.60 bits per heavy atom. The first kappa shape index (κ1) is 8.68. The van der Waals surface area contributed by atoms with Crippen molar-refractivity contribution in [3.8, 4) is 0 Å². The van der Waals surface area contributed by atoms with Gasteiger partial charge in [0, 0.05) is 8.95 Å². The van der Waals surface area contributed by atoms with Crippen LogP contribution in [-0.4, -0.2) is 0 Å². The van der Waals surface area contributed by atoms with Crippen LogP contribution in [-0.2, 0) is 0 Å². The molecule has 0 radical (unpaired) electrons. The van der Waals surface area contributed by atoms with Gasteiger partial charge in [-0.3, -0.25) is 0 Å². The lowest BCUT2D eigenvalue weighted by atomic mass is 10.4. The normalized spacial score (nSPS) is 10.0. The van der Waals surface area contributed by atoms with Crippen LogP contribution in [0.4, 0.5) is 4.39 Å². The SMILES string of the molecule is Fc1ccc(Br)c(Br)c1Br. The van der Waals surface area contributed by atoms with Crippen LogP contribution in [0.1, 0.15) is 0 Å². The summed E-state index contributed by atoms with van der Waals surface area (Å²) in [5, 5.41) is 0. The molecular weight excluding hydrogens is 331 g/mol. The quantitative estimate of drug-likeness (QED) is 0.495. The molecule has 0 spiro atoms. The van der Waals surface area contributed by atoms with E-state index in [2.05, 4.69) is 47.8 Å². The van der Waals surface area contributed by atoms with Gasteiger partial charge in [-0.15, -0.1) is 0 Å². The second kappa shape index (κ2) is 3.32. The highest BCUT2D eigenvalue weighted by Gasteiger charge is 2.05. The second-order valence-electron chi connectivity index (χ2n) is 1.66. The topological polar surface area (TPSA) is 0 Å². The summed E-state index contributed by atoms with van der Waals surface area (Å²) in [5.74, 6) is -0.268. The molecule has 1 aromatic rings. The predicted octanol–water partition coefficient (Wildman–Crippen LogP) is 4.11. The van der Waals surface area contributed by atoms with Crippen molar-refractivity contribution in [1.29, 1.82) is 0 Å². The van der Waals surface area contributed by atoms with Crippen LogP contribution in [0.25, 0.3) is 0 Å². The maximum absolute atomic E-state index is 12.7. The molecule has 0 unspecified atom stereocenters. The van der Waals surface area contributed by atoms with Crippen molar-refractivity contribution in [3.63, 3.8) is 0 Å². The molecule has 4 heteroatoms. The number of rotatable bonds is 0. The zero-order valence-corrected chi connectivity index (χ0v) is 9.42. The monoisotopic (exact) mass is 330 g/mol. The molecule has 0 fully saturated rings. The minimum absolute atomic E-state index is 0.268. The van der Waals surface area contributed by atoms with E-state index in [0.717, 1.165) is 4.47 Å². The molecule has 0 amide bonds. The average Bonchev–Trinajstić information content (AvgIpc) is 1.93. The van der Waals surface area contributed by atoms with Crippen molar-refractivity contribution < 1.29 is 4.39 Å². The van der Waals surface area contributed by atoms with E-state index >= 15 is 0 Å². The van der Waals surface area contributed by atoms with E-state index in [4.69, 9.17) is 0 Å². The minimum atomic E-state index is -0.268. The first-order valence-electron chi connectivity index (χ1n) is 2.42. The van der Waals surface area contributed by atoms with Crippen molar-refractivity contribution in [2.24, 2.45) is 0 Å². The van der Waals surface area contributed by atoms with Crippen LogP contribution in [0, 0.1) is 5.82 Å². The van der Waals surface area contributed by atoms with Crippen LogP contribution in [0.5, 0.6) is 0 Å². The molecule has 54 valence electrons. The molecule has 10 heavy (non-hydrogen) atoms. The first-order valence-corrected chi connectivity index (χ1v) is 4.80. The molecule has 0 saturated carbocycles. The van der Waals surface area contributed by atoms with Crippen LogP contribution in [0.15, 0.2) is 25.6 Å². The van der Waals surface area contributed by atoms with Crippen LogP contribution in [0.2, 0.25) is 0 Å². The van der Waals surface area contributed by atoms with Gasteiger partial charge in [-0.25, -0.2) is 4.39 Å². The molecule has 0 N–H and O–H groups in total. The Morgan fingerprint density at radius 1 is 1.00 bits per heavy atom. The van der Waals surface area contributed by atoms with Gasteiger partial charge in [-0.1, -0.05) is 0 Å². The fourth-order valence-electron chi connectivity index (χ4n) is 0.502. The van der Waals surface area contributed by atoms with Crippen molar-refractivity contribution in [2.45, 2.75) is 0 Å². The highest BCUT2D eigenvalue weighted by atomic mass is 79.9. The molecule has 0 saturated heterocycles. The smallest absolute Gasteiger partial charge is 0.138 e. The zero-order valence-electron chi connectivity index (χ0n) is 4.67. The van der Waals surface area contributed by atoms with Crippen molar-refractivity contribution >= 4 is 47.8 Å². The zero-order chi connectivity index (χ0) is 7.72. The highest BCUT2D eigenvalue weighted by molar-refractivity contribution is 9.14. The summed E-state index contributed by atoms with van der Waals surface area (Å²) in [6, 6.07) is 3.03. The van der Waals surface area contributed by atoms with Gasteiger partial charge in [0.05, 0.1) is 4.47 Å². The van der Waals surface area contributed by atoms with E-state index < -0.39 is 0 Å². The summed E-state index contributed by atoms with van der Waals surface area (Å²) in [6.07, 6.45) is 0. The van der Waals surface area contributed by atoms with Crippen molar-refractivity contribution in [1.82, 2.24) is 0 Å². The average molecular weight is 333 g/mol. The minimum Gasteiger partial charge on any atom is -0.206 e. The Hall–Kier alpha value is 0.590. The van der Waals surface area contributed by atoms with Gasteiger partial charge in [0.1, 0.15) is 5.82 Å². The van der Waals surface area contributed by atoms with Crippen molar-refractivity contribution in [2.75, 3.05) is 0 Å². The summed E-state index contributed by atoms with van der Waals surface area (Å²) >= 11 is 9.51. The van der Waals surface area contributed by atoms with Gasteiger partial charge in [0.2, 0.25) is 0 Å². The lowest BCUT2D eigenvalue weighted by Gasteiger charge is -1.98. The Labute approximate surface area is 83.2 Å². The third-order valence-electron chi connectivity index (χ3n) is 0.988. The largest absolute Gasteiger partial charge is 0.206 e. The Kier molecular flexibility index (Phi) is 2.89. The summed E-state index contributed by atoms with van der Waals surface area (Å²) in [4.78, 5) is 0. The van der Waals surface area contributed by atoms with Crippen LogP contribution < -0.4 is 0 Å². The second-order valence-corrected chi connectivity index (χ2v) is 4.10. The van der Waals surface area contributed by atoms with E-state index in [1.165, 1.54) is 6.07 Å². The standard InChI is InChI=1S/C6H2Br3F/c7-3-1-2-4(10)6(9)5(3)8/h1-2H. The molecule has 0 bridgehead atoms. The number of hydrogen-bond donors (Lipinski definition) is 0. The maximum Gasteiger partial charge on any atom is 0.138 e. The first-order chi connectivity index (χ1) is 4.63. The Morgan fingerprint density at radius 3 is 2.10 bits per heavy atom. The van der Waals surface area contributed by atoms with Gasteiger partial charge in [-0.2, -0.15) is 0 Å². The summed E-state index contributed by atoms with van der Waals surface area (Å²) < 4.78 is 14.6. The summed E-state index contributed by atoms with van der Waals surface area (Å²) in [5.41, 5.74) is 0. The van der Waals surface area contributed by atoms with Gasteiger partial charge in [-0.05, 0) is 59.9 Å². The molecule has 0 aliphatic carbocycles. The van der Waals surface area contributed by atoms with Gasteiger partial charge < -0.3 is 0 Å². The third-order valence-corrected chi connectivity index (χ3v) is 4.31. The highest BCUT2D eigenvalue weighted by Crippen LogP contribution is 2.32. The van der Waals surface area contributed by atoms with Gasteiger partial charge >= 0.3 is 0 Å². The van der Waals surface area contributed by atoms with E-state index in [9.17, 15) is 4.39 Å². The van der Waals surface area contributed by atoms with Crippen LogP contribution >= 0.6 is 47.8 Å². The molecule has 1 aromatic carbocycles. The summed E-state index contributed by atoms with van der Waals surface area (Å²) in [6.45, 7) is 0. The Balaban J connectivity index is 3.34. The number of hydrogen-bond acceptors (Lipinski definition) is 0. The molecular formula is C6H2Br3F. The molecule has 0 nitrogen and oxygen atoms in total. The fourth-order valence-corrected chi connectivity index (χ4v) is 1.77. The molecule has 1 rings (SSSR count). The van der Waals surface area contributed by atoms with E-state index in [0.29, 0.717) is 8.95 Å². The third kappa shape index (κ3) is 1.60. The van der Waals surface area contributed by atoms with Crippen LogP contribution in [0.3, 0.4) is 0 Å². The van der Waals surface area contributed by atoms with Crippen molar-refractivity contribution in [3.05, 3.63) is 31.4 Å². The lowest BCUT2D eigenvalue weighted by molar-refractivity contribution is 0.619. The van der Waals surface area contributed by atoms with Gasteiger partial charge in [0.25, 0.3) is 0 Å². The number of halogens is 4. The molecule has 0 aromatic heterocycles. The fraction of sp³-hybridized carbons (Fsp3) is 0. The molecule has 0 aliphatic heterocycles.